The molecule has 0 unspecified atom stereocenters. The number of aliphatic hydroxyl groups is 1. The van der Waals surface area contributed by atoms with Gasteiger partial charge in [-0.05, 0) is 48.4 Å². The van der Waals surface area contributed by atoms with Crippen LogP contribution in [0.1, 0.15) is 41.4 Å². The SMILES string of the molecule is COc1cc2c(c(OC)c1OC)-c1c(cc3c(c1OC)OCO3)C[C@H](C)[C@](C)(O)[C@H]2OC(=O)c1ccsc1. The normalized spacial score (nSPS) is 21.4. The van der Waals surface area contributed by atoms with Crippen molar-refractivity contribution in [2.75, 3.05) is 35.2 Å². The van der Waals surface area contributed by atoms with Crippen molar-refractivity contribution in [1.82, 2.24) is 0 Å². The molecule has 0 amide bonds. The molecule has 10 heteroatoms. The number of methoxy groups -OCH3 is 4. The van der Waals surface area contributed by atoms with Crippen LogP contribution in [0.5, 0.6) is 34.5 Å². The number of rotatable bonds is 6. The molecule has 0 bridgehead atoms. The second-order valence-corrected chi connectivity index (χ2v) is 10.2. The Bertz CT molecular complexity index is 1360. The number of fused-ring (bicyclic) bond motifs is 4. The summed E-state index contributed by atoms with van der Waals surface area (Å²) < 4.78 is 40.8. The third kappa shape index (κ3) is 3.99. The zero-order valence-electron chi connectivity index (χ0n) is 22.1. The summed E-state index contributed by atoms with van der Waals surface area (Å²) in [5.74, 6) is 1.57. The highest BCUT2D eigenvalue weighted by Crippen LogP contribution is 2.59. The molecule has 202 valence electrons. The van der Waals surface area contributed by atoms with Crippen molar-refractivity contribution in [2.24, 2.45) is 5.92 Å². The van der Waals surface area contributed by atoms with Gasteiger partial charge in [-0.3, -0.25) is 0 Å². The van der Waals surface area contributed by atoms with E-state index in [9.17, 15) is 9.90 Å². The summed E-state index contributed by atoms with van der Waals surface area (Å²) in [6, 6.07) is 5.29. The summed E-state index contributed by atoms with van der Waals surface area (Å²) in [6.07, 6.45) is -0.685. The fourth-order valence-electron chi connectivity index (χ4n) is 5.18. The lowest BCUT2D eigenvalue weighted by molar-refractivity contribution is -0.107. The third-order valence-electron chi connectivity index (χ3n) is 7.33. The Kier molecular flexibility index (Phi) is 6.79. The van der Waals surface area contributed by atoms with Crippen molar-refractivity contribution in [3.63, 3.8) is 0 Å². The van der Waals surface area contributed by atoms with Gasteiger partial charge in [0.05, 0.1) is 34.0 Å². The van der Waals surface area contributed by atoms with Gasteiger partial charge in [0.25, 0.3) is 0 Å². The summed E-state index contributed by atoms with van der Waals surface area (Å²) in [6.45, 7) is 3.64. The number of carbonyl (C=O) groups excluding carboxylic acids is 1. The lowest BCUT2D eigenvalue weighted by Crippen LogP contribution is -2.43. The first-order valence-corrected chi connectivity index (χ1v) is 13.0. The van der Waals surface area contributed by atoms with Crippen LogP contribution in [-0.4, -0.2) is 51.9 Å². The molecule has 0 spiro atoms. The van der Waals surface area contributed by atoms with E-state index >= 15 is 0 Å². The van der Waals surface area contributed by atoms with Crippen LogP contribution in [0.25, 0.3) is 11.1 Å². The zero-order valence-corrected chi connectivity index (χ0v) is 22.9. The number of benzene rings is 2. The Morgan fingerprint density at radius 1 is 1.03 bits per heavy atom. The molecule has 1 N–H and O–H groups in total. The third-order valence-corrected chi connectivity index (χ3v) is 8.02. The van der Waals surface area contributed by atoms with Gasteiger partial charge in [0, 0.05) is 22.1 Å². The smallest absolute Gasteiger partial charge is 0.339 e. The summed E-state index contributed by atoms with van der Waals surface area (Å²) in [7, 11) is 6.09. The molecule has 0 radical (unpaired) electrons. The lowest BCUT2D eigenvalue weighted by atomic mass is 9.73. The van der Waals surface area contributed by atoms with Crippen LogP contribution in [0.15, 0.2) is 29.0 Å². The minimum Gasteiger partial charge on any atom is -0.493 e. The molecule has 0 saturated heterocycles. The highest BCUT2D eigenvalue weighted by atomic mass is 32.1. The van der Waals surface area contributed by atoms with Crippen LogP contribution in [0, 0.1) is 5.92 Å². The van der Waals surface area contributed by atoms with E-state index in [0.717, 1.165) is 5.56 Å². The Morgan fingerprint density at radius 2 is 1.76 bits per heavy atom. The van der Waals surface area contributed by atoms with Gasteiger partial charge in [-0.25, -0.2) is 4.79 Å². The van der Waals surface area contributed by atoms with Gasteiger partial charge in [0.15, 0.2) is 29.1 Å². The molecule has 1 aliphatic carbocycles. The van der Waals surface area contributed by atoms with Gasteiger partial charge < -0.3 is 38.3 Å². The first kappa shape index (κ1) is 26.0. The van der Waals surface area contributed by atoms with Crippen molar-refractivity contribution in [3.8, 4) is 45.6 Å². The van der Waals surface area contributed by atoms with Gasteiger partial charge in [0.1, 0.15) is 5.60 Å². The van der Waals surface area contributed by atoms with Crippen molar-refractivity contribution in [3.05, 3.63) is 45.6 Å². The van der Waals surface area contributed by atoms with E-state index in [2.05, 4.69) is 0 Å². The Hall–Kier alpha value is -3.63. The van der Waals surface area contributed by atoms with Crippen molar-refractivity contribution in [1.29, 1.82) is 0 Å². The molecule has 1 aliphatic heterocycles. The van der Waals surface area contributed by atoms with Gasteiger partial charge in [-0.1, -0.05) is 6.92 Å². The van der Waals surface area contributed by atoms with Crippen LogP contribution in [-0.2, 0) is 11.2 Å². The Labute approximate surface area is 224 Å². The van der Waals surface area contributed by atoms with Crippen molar-refractivity contribution in [2.45, 2.75) is 32.0 Å². The molecule has 0 saturated carbocycles. The van der Waals surface area contributed by atoms with Gasteiger partial charge in [0.2, 0.25) is 18.3 Å². The molecule has 3 aromatic rings. The number of hydrogen-bond donors (Lipinski definition) is 1. The molecule has 2 heterocycles. The van der Waals surface area contributed by atoms with Crippen LogP contribution in [0.4, 0.5) is 0 Å². The monoisotopic (exact) mass is 542 g/mol. The van der Waals surface area contributed by atoms with Crippen LogP contribution >= 0.6 is 11.3 Å². The van der Waals surface area contributed by atoms with Crippen LogP contribution in [0.2, 0.25) is 0 Å². The molecule has 1 aromatic heterocycles. The van der Waals surface area contributed by atoms with E-state index < -0.39 is 17.7 Å². The summed E-state index contributed by atoms with van der Waals surface area (Å²) in [4.78, 5) is 13.3. The minimum absolute atomic E-state index is 0.0542. The van der Waals surface area contributed by atoms with Crippen molar-refractivity contribution >= 4 is 17.3 Å². The van der Waals surface area contributed by atoms with Gasteiger partial charge in [-0.15, -0.1) is 0 Å². The zero-order chi connectivity index (χ0) is 27.2. The maximum Gasteiger partial charge on any atom is 0.339 e. The maximum atomic E-state index is 13.3. The predicted molar refractivity (Wildman–Crippen MR) is 140 cm³/mol. The first-order valence-electron chi connectivity index (χ1n) is 12.0. The van der Waals surface area contributed by atoms with E-state index in [0.29, 0.717) is 63.2 Å². The molecule has 5 rings (SSSR count). The van der Waals surface area contributed by atoms with E-state index in [1.54, 1.807) is 36.9 Å². The standard InChI is InChI=1S/C28H30O9S/c1-14-9-16-10-19-23(36-13-35-19)24(33-5)20(16)21-17(11-18(31-3)22(32-4)25(21)34-6)26(28(14,2)30)37-27(29)15-7-8-38-12-15/h7-8,10-12,14,26,30H,9,13H2,1-6H3/t14-,26-,28-/m0/s1. The highest BCUT2D eigenvalue weighted by molar-refractivity contribution is 7.08. The van der Waals surface area contributed by atoms with Crippen LogP contribution in [0.3, 0.4) is 0 Å². The quantitative estimate of drug-likeness (QED) is 0.430. The van der Waals surface area contributed by atoms with E-state index in [1.807, 2.05) is 13.0 Å². The second-order valence-electron chi connectivity index (χ2n) is 9.42. The molecule has 2 aromatic carbocycles. The summed E-state index contributed by atoms with van der Waals surface area (Å²) >= 11 is 1.39. The van der Waals surface area contributed by atoms with Crippen LogP contribution < -0.4 is 28.4 Å². The fourth-order valence-corrected chi connectivity index (χ4v) is 5.81. The second kappa shape index (κ2) is 9.92. The molecule has 3 atom stereocenters. The molecule has 0 fully saturated rings. The number of hydrogen-bond acceptors (Lipinski definition) is 10. The molecular weight excluding hydrogens is 512 g/mol. The van der Waals surface area contributed by atoms with E-state index in [4.69, 9.17) is 33.2 Å². The maximum absolute atomic E-state index is 13.3. The highest BCUT2D eigenvalue weighted by Gasteiger charge is 2.47. The molecule has 9 nitrogen and oxygen atoms in total. The van der Waals surface area contributed by atoms with Gasteiger partial charge in [-0.2, -0.15) is 11.3 Å². The largest absolute Gasteiger partial charge is 0.493 e. The summed E-state index contributed by atoms with van der Waals surface area (Å²) in [5.41, 5.74) is 1.42. The summed E-state index contributed by atoms with van der Waals surface area (Å²) in [5, 5.41) is 15.5. The first-order chi connectivity index (χ1) is 18.3. The number of ether oxygens (including phenoxy) is 7. The number of thiophene rings is 1. The van der Waals surface area contributed by atoms with E-state index in [-0.39, 0.29) is 12.7 Å². The lowest BCUT2D eigenvalue weighted by Gasteiger charge is -2.41. The Balaban J connectivity index is 1.88. The molecule has 2 aliphatic rings. The topological polar surface area (TPSA) is 102 Å². The minimum atomic E-state index is -1.49. The number of carbonyl (C=O) groups is 1. The predicted octanol–water partition coefficient (Wildman–Crippen LogP) is 5.02. The van der Waals surface area contributed by atoms with Gasteiger partial charge >= 0.3 is 5.97 Å². The average Bonchev–Trinajstić information content (AvgIpc) is 3.61. The van der Waals surface area contributed by atoms with E-state index in [1.165, 1.54) is 32.7 Å². The number of esters is 1. The molecule has 38 heavy (non-hydrogen) atoms. The average molecular weight is 543 g/mol. The fraction of sp³-hybridized carbons (Fsp3) is 0.393. The van der Waals surface area contributed by atoms with Crippen molar-refractivity contribution < 1.29 is 43.1 Å². The molecular formula is C28H30O9S. The Morgan fingerprint density at radius 3 is 2.39 bits per heavy atom.